The highest BCUT2D eigenvalue weighted by Crippen LogP contribution is 2.22. The van der Waals surface area contributed by atoms with E-state index in [1.165, 1.54) is 0 Å². The van der Waals surface area contributed by atoms with Crippen molar-refractivity contribution in [3.63, 3.8) is 0 Å². The second kappa shape index (κ2) is 7.33. The minimum atomic E-state index is -0.202. The molecule has 1 amide bonds. The molecule has 1 saturated heterocycles. The summed E-state index contributed by atoms with van der Waals surface area (Å²) < 4.78 is 0. The number of carbonyl (C=O) groups excluding carboxylic acids is 1. The fourth-order valence-corrected chi connectivity index (χ4v) is 2.92. The molecule has 0 aliphatic carbocycles. The van der Waals surface area contributed by atoms with E-state index in [0.717, 1.165) is 62.5 Å². The molecule has 6 nitrogen and oxygen atoms in total. The van der Waals surface area contributed by atoms with E-state index in [4.69, 9.17) is 5.73 Å². The fraction of sp³-hybridized carbons (Fsp3) is 0.733. The van der Waals surface area contributed by atoms with Gasteiger partial charge in [-0.25, -0.2) is 4.98 Å². The summed E-state index contributed by atoms with van der Waals surface area (Å²) in [6.45, 7) is 5.96. The van der Waals surface area contributed by atoms with Crippen LogP contribution in [0.2, 0.25) is 0 Å². The predicted molar refractivity (Wildman–Crippen MR) is 81.9 cm³/mol. The number of hydrogen-bond donors (Lipinski definition) is 1. The van der Waals surface area contributed by atoms with Crippen molar-refractivity contribution in [3.8, 4) is 0 Å². The molecule has 1 atom stereocenters. The van der Waals surface area contributed by atoms with Crippen molar-refractivity contribution in [2.75, 3.05) is 18.0 Å². The molecule has 1 unspecified atom stereocenters. The van der Waals surface area contributed by atoms with Gasteiger partial charge in [0.1, 0.15) is 0 Å². The lowest BCUT2D eigenvalue weighted by molar-refractivity contribution is -0.118. The molecule has 0 spiro atoms. The first kappa shape index (κ1) is 15.7. The highest BCUT2D eigenvalue weighted by atomic mass is 16.1. The van der Waals surface area contributed by atoms with Crippen molar-refractivity contribution in [3.05, 3.63) is 11.4 Å². The number of carbonyl (C=O) groups is 1. The standard InChI is InChI=1S/C15H25N5O/c1-3-12-13(4-2)18-19-15(17-12)20-8-5-6-11(7-9-20)10-14(16)21/h11H,3-10H2,1-2H3,(H2,16,21). The second-order valence-electron chi connectivity index (χ2n) is 5.67. The van der Waals surface area contributed by atoms with Crippen molar-refractivity contribution >= 4 is 11.9 Å². The Kier molecular flexibility index (Phi) is 5.47. The van der Waals surface area contributed by atoms with Gasteiger partial charge in [-0.2, -0.15) is 5.10 Å². The average Bonchev–Trinajstić information content (AvgIpc) is 2.71. The molecular weight excluding hydrogens is 266 g/mol. The SMILES string of the molecule is CCc1nnc(N2CCCC(CC(N)=O)CC2)nc1CC. The molecule has 6 heteroatoms. The summed E-state index contributed by atoms with van der Waals surface area (Å²) in [4.78, 5) is 17.9. The first-order chi connectivity index (χ1) is 10.1. The maximum absolute atomic E-state index is 11.1. The number of amides is 1. The van der Waals surface area contributed by atoms with Crippen molar-refractivity contribution in [1.82, 2.24) is 15.2 Å². The third-order valence-corrected chi connectivity index (χ3v) is 4.12. The lowest BCUT2D eigenvalue weighted by Crippen LogP contribution is -2.27. The maximum Gasteiger partial charge on any atom is 0.245 e. The van der Waals surface area contributed by atoms with Crippen LogP contribution in [-0.4, -0.2) is 34.2 Å². The Morgan fingerprint density at radius 2 is 1.95 bits per heavy atom. The van der Waals surface area contributed by atoms with E-state index in [0.29, 0.717) is 12.3 Å². The van der Waals surface area contributed by atoms with Gasteiger partial charge < -0.3 is 10.6 Å². The number of aryl methyl sites for hydroxylation is 2. The molecule has 2 heterocycles. The largest absolute Gasteiger partial charge is 0.370 e. The Morgan fingerprint density at radius 3 is 2.62 bits per heavy atom. The monoisotopic (exact) mass is 291 g/mol. The van der Waals surface area contributed by atoms with Crippen LogP contribution in [0, 0.1) is 5.92 Å². The summed E-state index contributed by atoms with van der Waals surface area (Å²) in [7, 11) is 0. The highest BCUT2D eigenvalue weighted by molar-refractivity contribution is 5.74. The molecule has 21 heavy (non-hydrogen) atoms. The van der Waals surface area contributed by atoms with Crippen LogP contribution in [0.25, 0.3) is 0 Å². The van der Waals surface area contributed by atoms with Crippen LogP contribution >= 0.6 is 0 Å². The molecular formula is C15H25N5O. The van der Waals surface area contributed by atoms with Gasteiger partial charge in [0.05, 0.1) is 11.4 Å². The molecule has 1 aromatic rings. The van der Waals surface area contributed by atoms with Gasteiger partial charge in [0.25, 0.3) is 0 Å². The quantitative estimate of drug-likeness (QED) is 0.888. The number of primary amides is 1. The average molecular weight is 291 g/mol. The molecule has 1 aliphatic heterocycles. The number of nitrogens with zero attached hydrogens (tertiary/aromatic N) is 4. The van der Waals surface area contributed by atoms with Crippen molar-refractivity contribution in [2.24, 2.45) is 11.7 Å². The number of rotatable bonds is 5. The van der Waals surface area contributed by atoms with Crippen LogP contribution in [0.1, 0.15) is 50.9 Å². The Hall–Kier alpha value is -1.72. The molecule has 0 bridgehead atoms. The summed E-state index contributed by atoms with van der Waals surface area (Å²) in [6, 6.07) is 0. The summed E-state index contributed by atoms with van der Waals surface area (Å²) in [5, 5.41) is 8.60. The van der Waals surface area contributed by atoms with Crippen LogP contribution in [0.15, 0.2) is 0 Å². The van der Waals surface area contributed by atoms with Crippen LogP contribution in [0.3, 0.4) is 0 Å². The third-order valence-electron chi connectivity index (χ3n) is 4.12. The van der Waals surface area contributed by atoms with E-state index in [1.807, 2.05) is 0 Å². The van der Waals surface area contributed by atoms with Crippen LogP contribution in [0.4, 0.5) is 5.95 Å². The summed E-state index contributed by atoms with van der Waals surface area (Å²) in [6.07, 6.45) is 5.28. The van der Waals surface area contributed by atoms with Gasteiger partial charge in [0.2, 0.25) is 11.9 Å². The maximum atomic E-state index is 11.1. The van der Waals surface area contributed by atoms with Gasteiger partial charge in [0, 0.05) is 19.5 Å². The van der Waals surface area contributed by atoms with E-state index >= 15 is 0 Å². The van der Waals surface area contributed by atoms with E-state index in [2.05, 4.69) is 33.9 Å². The highest BCUT2D eigenvalue weighted by Gasteiger charge is 2.21. The number of anilines is 1. The molecule has 1 aromatic heterocycles. The van der Waals surface area contributed by atoms with Crippen molar-refractivity contribution < 1.29 is 4.79 Å². The van der Waals surface area contributed by atoms with Gasteiger partial charge in [-0.1, -0.05) is 13.8 Å². The van der Waals surface area contributed by atoms with Crippen molar-refractivity contribution in [1.29, 1.82) is 0 Å². The van der Waals surface area contributed by atoms with E-state index in [-0.39, 0.29) is 5.91 Å². The van der Waals surface area contributed by atoms with E-state index < -0.39 is 0 Å². The zero-order valence-electron chi connectivity index (χ0n) is 13.0. The summed E-state index contributed by atoms with van der Waals surface area (Å²) in [5.74, 6) is 0.914. The van der Waals surface area contributed by atoms with Crippen LogP contribution < -0.4 is 10.6 Å². The van der Waals surface area contributed by atoms with E-state index in [1.54, 1.807) is 0 Å². The molecule has 2 N–H and O–H groups in total. The summed E-state index contributed by atoms with van der Waals surface area (Å²) >= 11 is 0. The lowest BCUT2D eigenvalue weighted by atomic mass is 9.97. The molecule has 1 aliphatic rings. The smallest absolute Gasteiger partial charge is 0.245 e. The first-order valence-electron chi connectivity index (χ1n) is 7.89. The molecule has 2 rings (SSSR count). The number of nitrogens with two attached hydrogens (primary N) is 1. The molecule has 116 valence electrons. The second-order valence-corrected chi connectivity index (χ2v) is 5.67. The minimum Gasteiger partial charge on any atom is -0.370 e. The Morgan fingerprint density at radius 1 is 1.19 bits per heavy atom. The van der Waals surface area contributed by atoms with Gasteiger partial charge >= 0.3 is 0 Å². The number of hydrogen-bond acceptors (Lipinski definition) is 5. The lowest BCUT2D eigenvalue weighted by Gasteiger charge is -2.20. The van der Waals surface area contributed by atoms with Crippen LogP contribution in [-0.2, 0) is 17.6 Å². The Balaban J connectivity index is 2.06. The zero-order valence-corrected chi connectivity index (χ0v) is 13.0. The minimum absolute atomic E-state index is 0.202. The topological polar surface area (TPSA) is 85.0 Å². The molecule has 1 fully saturated rings. The third kappa shape index (κ3) is 4.12. The van der Waals surface area contributed by atoms with Gasteiger partial charge in [-0.05, 0) is 38.0 Å². The fourth-order valence-electron chi connectivity index (χ4n) is 2.92. The normalized spacial score (nSPS) is 19.3. The van der Waals surface area contributed by atoms with Gasteiger partial charge in [-0.3, -0.25) is 4.79 Å². The van der Waals surface area contributed by atoms with Gasteiger partial charge in [0.15, 0.2) is 0 Å². The zero-order chi connectivity index (χ0) is 15.2. The number of aromatic nitrogens is 3. The molecule has 0 saturated carbocycles. The first-order valence-corrected chi connectivity index (χ1v) is 7.89. The van der Waals surface area contributed by atoms with Gasteiger partial charge in [-0.15, -0.1) is 5.10 Å². The van der Waals surface area contributed by atoms with Crippen LogP contribution in [0.5, 0.6) is 0 Å². The predicted octanol–water partition coefficient (Wildman–Crippen LogP) is 1.48. The Labute approximate surface area is 126 Å². The Bertz CT molecular complexity index is 491. The molecule has 0 aromatic carbocycles. The van der Waals surface area contributed by atoms with E-state index in [9.17, 15) is 4.79 Å². The molecule has 0 radical (unpaired) electrons. The summed E-state index contributed by atoms with van der Waals surface area (Å²) in [5.41, 5.74) is 7.33. The van der Waals surface area contributed by atoms with Crippen molar-refractivity contribution in [2.45, 2.75) is 52.4 Å².